The van der Waals surface area contributed by atoms with E-state index in [0.717, 1.165) is 0 Å². The van der Waals surface area contributed by atoms with Gasteiger partial charge in [0.2, 0.25) is 0 Å². The van der Waals surface area contributed by atoms with Crippen LogP contribution in [-0.2, 0) is 23.9 Å². The molecule has 0 spiro atoms. The van der Waals surface area contributed by atoms with E-state index in [1.165, 1.54) is 7.11 Å². The van der Waals surface area contributed by atoms with Crippen molar-refractivity contribution in [3.05, 3.63) is 0 Å². The second kappa shape index (κ2) is 5.63. The quantitative estimate of drug-likeness (QED) is 0.404. The second-order valence-electron chi connectivity index (χ2n) is 1.55. The zero-order valence-corrected chi connectivity index (χ0v) is 6.03. The molecule has 0 heterocycles. The van der Waals surface area contributed by atoms with E-state index < -0.39 is 18.5 Å². The van der Waals surface area contributed by atoms with E-state index in [-0.39, 0.29) is 6.61 Å². The Morgan fingerprint density at radius 1 is 1.27 bits per heavy atom. The first-order valence-electron chi connectivity index (χ1n) is 2.74. The van der Waals surface area contributed by atoms with Gasteiger partial charge in [0.1, 0.15) is 0 Å². The van der Waals surface area contributed by atoms with Gasteiger partial charge >= 0.3 is 11.9 Å². The van der Waals surface area contributed by atoms with E-state index in [1.54, 1.807) is 0 Å². The van der Waals surface area contributed by atoms with Crippen LogP contribution in [0.2, 0.25) is 0 Å². The molecule has 6 heteroatoms. The normalized spacial score (nSPS) is 8.91. The smallest absolute Gasteiger partial charge is 0.344 e. The SMILES string of the molecule is COC(=O)COC(=O)CON. The average Bonchev–Trinajstić information content (AvgIpc) is 2.01. The van der Waals surface area contributed by atoms with E-state index in [4.69, 9.17) is 0 Å². The third-order valence-corrected chi connectivity index (χ3v) is 0.780. The monoisotopic (exact) mass is 163 g/mol. The molecule has 0 atom stereocenters. The van der Waals surface area contributed by atoms with Gasteiger partial charge in [-0.05, 0) is 0 Å². The summed E-state index contributed by atoms with van der Waals surface area (Å²) in [5.74, 6) is 3.21. The number of esters is 2. The molecule has 0 aromatic heterocycles. The lowest BCUT2D eigenvalue weighted by Gasteiger charge is -2.00. The number of carbonyl (C=O) groups is 2. The predicted octanol–water partition coefficient (Wildman–Crippen LogP) is -1.41. The van der Waals surface area contributed by atoms with E-state index >= 15 is 0 Å². The van der Waals surface area contributed by atoms with Gasteiger partial charge in [0, 0.05) is 0 Å². The van der Waals surface area contributed by atoms with Crippen molar-refractivity contribution in [3.63, 3.8) is 0 Å². The van der Waals surface area contributed by atoms with Crippen LogP contribution in [0.5, 0.6) is 0 Å². The third kappa shape index (κ3) is 5.31. The first kappa shape index (κ1) is 9.86. The van der Waals surface area contributed by atoms with Crippen molar-refractivity contribution in [1.29, 1.82) is 0 Å². The Bertz CT molecular complexity index is 146. The molecule has 0 saturated heterocycles. The van der Waals surface area contributed by atoms with Gasteiger partial charge in [-0.3, -0.25) is 4.84 Å². The summed E-state index contributed by atoms with van der Waals surface area (Å²) in [4.78, 5) is 24.7. The fourth-order valence-corrected chi connectivity index (χ4v) is 0.308. The van der Waals surface area contributed by atoms with Crippen molar-refractivity contribution in [3.8, 4) is 0 Å². The molecule has 0 aliphatic rings. The molecule has 0 aromatic rings. The molecule has 0 fully saturated rings. The Hall–Kier alpha value is -1.14. The maximum Gasteiger partial charge on any atom is 0.344 e. The number of ether oxygens (including phenoxy) is 2. The van der Waals surface area contributed by atoms with Crippen LogP contribution >= 0.6 is 0 Å². The minimum Gasteiger partial charge on any atom is -0.466 e. The molecule has 0 aliphatic heterocycles. The van der Waals surface area contributed by atoms with E-state index in [2.05, 4.69) is 20.2 Å². The van der Waals surface area contributed by atoms with E-state index in [1.807, 2.05) is 0 Å². The highest BCUT2D eigenvalue weighted by molar-refractivity contribution is 5.76. The zero-order chi connectivity index (χ0) is 8.69. The van der Waals surface area contributed by atoms with Crippen LogP contribution in [-0.4, -0.2) is 32.3 Å². The summed E-state index contributed by atoms with van der Waals surface area (Å²) < 4.78 is 8.51. The van der Waals surface area contributed by atoms with Crippen LogP contribution in [0.4, 0.5) is 0 Å². The largest absolute Gasteiger partial charge is 0.466 e. The van der Waals surface area contributed by atoms with Crippen LogP contribution in [0.3, 0.4) is 0 Å². The molecule has 0 aliphatic carbocycles. The minimum atomic E-state index is -0.710. The average molecular weight is 163 g/mol. The Morgan fingerprint density at radius 2 is 1.91 bits per heavy atom. The number of carbonyl (C=O) groups excluding carboxylic acids is 2. The van der Waals surface area contributed by atoms with Crippen LogP contribution in [0, 0.1) is 0 Å². The summed E-state index contributed by atoms with van der Waals surface area (Å²) in [6.07, 6.45) is 0. The minimum absolute atomic E-state index is 0.378. The van der Waals surface area contributed by atoms with Gasteiger partial charge in [0.05, 0.1) is 7.11 Å². The lowest BCUT2D eigenvalue weighted by molar-refractivity contribution is -0.160. The fourth-order valence-electron chi connectivity index (χ4n) is 0.308. The number of nitrogens with two attached hydrogens (primary N) is 1. The topological polar surface area (TPSA) is 87.8 Å². The third-order valence-electron chi connectivity index (χ3n) is 0.780. The summed E-state index contributed by atoms with van der Waals surface area (Å²) in [5.41, 5.74) is 0. The van der Waals surface area contributed by atoms with E-state index in [0.29, 0.717) is 0 Å². The van der Waals surface area contributed by atoms with Crippen molar-refractivity contribution < 1.29 is 23.9 Å². The Balaban J connectivity index is 3.38. The summed E-state index contributed by atoms with van der Waals surface area (Å²) in [5, 5.41) is 0. The molecular formula is C5H9NO5. The molecule has 64 valence electrons. The van der Waals surface area contributed by atoms with Gasteiger partial charge in [-0.15, -0.1) is 0 Å². The lowest BCUT2D eigenvalue weighted by Crippen LogP contribution is -2.20. The predicted molar refractivity (Wildman–Crippen MR) is 33.1 cm³/mol. The molecular weight excluding hydrogens is 154 g/mol. The van der Waals surface area contributed by atoms with Crippen LogP contribution in [0.15, 0.2) is 0 Å². The van der Waals surface area contributed by atoms with Gasteiger partial charge in [-0.2, -0.15) is 0 Å². The van der Waals surface area contributed by atoms with Crippen molar-refractivity contribution in [2.24, 2.45) is 5.90 Å². The van der Waals surface area contributed by atoms with E-state index in [9.17, 15) is 9.59 Å². The van der Waals surface area contributed by atoms with Crippen LogP contribution in [0.1, 0.15) is 0 Å². The molecule has 6 nitrogen and oxygen atoms in total. The Morgan fingerprint density at radius 3 is 2.36 bits per heavy atom. The number of hydrogen-bond donors (Lipinski definition) is 1. The van der Waals surface area contributed by atoms with Crippen molar-refractivity contribution in [2.75, 3.05) is 20.3 Å². The molecule has 0 rings (SSSR count). The number of rotatable bonds is 4. The van der Waals surface area contributed by atoms with Crippen molar-refractivity contribution in [2.45, 2.75) is 0 Å². The molecule has 0 amide bonds. The molecule has 11 heavy (non-hydrogen) atoms. The highest BCUT2D eigenvalue weighted by Gasteiger charge is 2.05. The lowest BCUT2D eigenvalue weighted by atomic mass is 10.7. The van der Waals surface area contributed by atoms with Gasteiger partial charge < -0.3 is 9.47 Å². The second-order valence-corrected chi connectivity index (χ2v) is 1.55. The molecule has 0 radical (unpaired) electrons. The van der Waals surface area contributed by atoms with Gasteiger partial charge in [-0.1, -0.05) is 0 Å². The van der Waals surface area contributed by atoms with Crippen LogP contribution < -0.4 is 5.90 Å². The zero-order valence-electron chi connectivity index (χ0n) is 6.03. The summed E-state index contributed by atoms with van der Waals surface area (Å²) in [6.45, 7) is -0.796. The molecule has 0 saturated carbocycles. The maximum atomic E-state index is 10.4. The van der Waals surface area contributed by atoms with Gasteiger partial charge in [0.25, 0.3) is 0 Å². The van der Waals surface area contributed by atoms with Crippen molar-refractivity contribution >= 4 is 11.9 Å². The van der Waals surface area contributed by atoms with Crippen LogP contribution in [0.25, 0.3) is 0 Å². The van der Waals surface area contributed by atoms with Crippen molar-refractivity contribution in [1.82, 2.24) is 0 Å². The molecule has 2 N–H and O–H groups in total. The maximum absolute atomic E-state index is 10.4. The first-order chi connectivity index (χ1) is 5.20. The Kier molecular flexibility index (Phi) is 5.05. The van der Waals surface area contributed by atoms with Gasteiger partial charge in [0.15, 0.2) is 13.2 Å². The summed E-state index contributed by atoms with van der Waals surface area (Å²) in [6, 6.07) is 0. The standard InChI is InChI=1S/C5H9NO5/c1-9-4(7)2-10-5(8)3-11-6/h2-3,6H2,1H3. The number of methoxy groups -OCH3 is 1. The Labute approximate surface area is 63.2 Å². The van der Waals surface area contributed by atoms with Gasteiger partial charge in [-0.25, -0.2) is 15.5 Å². The highest BCUT2D eigenvalue weighted by atomic mass is 16.6. The fraction of sp³-hybridized carbons (Fsp3) is 0.600. The molecule has 0 bridgehead atoms. The molecule has 0 aromatic carbocycles. The number of hydrogen-bond acceptors (Lipinski definition) is 6. The highest BCUT2D eigenvalue weighted by Crippen LogP contribution is 1.80. The summed E-state index contributed by atoms with van der Waals surface area (Å²) in [7, 11) is 1.19. The molecule has 0 unspecified atom stereocenters. The first-order valence-corrected chi connectivity index (χ1v) is 2.74. The summed E-state index contributed by atoms with van der Waals surface area (Å²) >= 11 is 0.